The quantitative estimate of drug-likeness (QED) is 0.587. The molecule has 4 saturated carbocycles. The summed E-state index contributed by atoms with van der Waals surface area (Å²) in [5.74, 6) is -1.79. The van der Waals surface area contributed by atoms with Crippen LogP contribution in [-0.4, -0.2) is 35.2 Å². The summed E-state index contributed by atoms with van der Waals surface area (Å²) >= 11 is 0. The minimum atomic E-state index is -1.52. The maximum absolute atomic E-state index is 12.1. The van der Waals surface area contributed by atoms with Crippen molar-refractivity contribution in [2.24, 2.45) is 23.2 Å². The van der Waals surface area contributed by atoms with E-state index < -0.39 is 17.7 Å². The monoisotopic (exact) mass is 308 g/mol. The number of Topliss-reactive ketones (excluding diaryl/α,β-unsaturated/α-hetero) is 2. The Labute approximate surface area is 128 Å². The van der Waals surface area contributed by atoms with Gasteiger partial charge >= 0.3 is 11.9 Å². The van der Waals surface area contributed by atoms with E-state index in [1.807, 2.05) is 0 Å². The third-order valence-electron chi connectivity index (χ3n) is 5.46. The summed E-state index contributed by atoms with van der Waals surface area (Å²) in [6, 6.07) is 0. The van der Waals surface area contributed by atoms with Gasteiger partial charge in [0, 0.05) is 23.7 Å². The van der Waals surface area contributed by atoms with Gasteiger partial charge in [0.05, 0.1) is 13.0 Å². The van der Waals surface area contributed by atoms with Crippen LogP contribution in [0, 0.1) is 23.2 Å². The first-order valence-electron chi connectivity index (χ1n) is 7.84. The van der Waals surface area contributed by atoms with Gasteiger partial charge in [-0.25, -0.2) is 4.79 Å². The van der Waals surface area contributed by atoms with Crippen LogP contribution in [0.5, 0.6) is 0 Å². The fourth-order valence-corrected chi connectivity index (χ4v) is 4.71. The van der Waals surface area contributed by atoms with Gasteiger partial charge in [0.25, 0.3) is 0 Å². The number of hydrogen-bond acceptors (Lipinski definition) is 5. The Morgan fingerprint density at radius 1 is 1.09 bits per heavy atom. The maximum atomic E-state index is 12.1. The van der Waals surface area contributed by atoms with Crippen LogP contribution in [0.4, 0.5) is 0 Å². The summed E-state index contributed by atoms with van der Waals surface area (Å²) < 4.78 is 5.30. The fourth-order valence-electron chi connectivity index (χ4n) is 4.71. The van der Waals surface area contributed by atoms with Gasteiger partial charge in [-0.05, 0) is 38.0 Å². The number of carboxylic acids is 1. The third kappa shape index (κ3) is 2.78. The molecule has 6 heteroatoms. The van der Waals surface area contributed by atoms with Crippen LogP contribution in [-0.2, 0) is 23.9 Å². The number of rotatable bonds is 6. The lowest BCUT2D eigenvalue weighted by molar-refractivity contribution is -0.162. The van der Waals surface area contributed by atoms with Crippen LogP contribution in [0.25, 0.3) is 0 Å². The second-order valence-corrected chi connectivity index (χ2v) is 7.14. The number of carbonyl (C=O) groups excluding carboxylic acids is 3. The molecule has 4 aliphatic rings. The van der Waals surface area contributed by atoms with Gasteiger partial charge < -0.3 is 9.84 Å². The van der Waals surface area contributed by atoms with Crippen molar-refractivity contribution in [3.8, 4) is 0 Å². The SMILES string of the molecule is O=C(CCC(=O)C(=O)O)OCC12CC3CC(C1)C(=O)C(C3)C2. The molecule has 0 aromatic heterocycles. The first-order valence-corrected chi connectivity index (χ1v) is 7.84. The molecule has 0 amide bonds. The first kappa shape index (κ1) is 15.2. The number of carbonyl (C=O) groups is 4. The highest BCUT2D eigenvalue weighted by Crippen LogP contribution is 2.58. The fraction of sp³-hybridized carbons (Fsp3) is 0.750. The van der Waals surface area contributed by atoms with E-state index >= 15 is 0 Å². The predicted molar refractivity (Wildman–Crippen MR) is 73.8 cm³/mol. The van der Waals surface area contributed by atoms with E-state index in [1.54, 1.807) is 0 Å². The summed E-state index contributed by atoms with van der Waals surface area (Å²) in [5.41, 5.74) is -0.0725. The van der Waals surface area contributed by atoms with Gasteiger partial charge in [-0.2, -0.15) is 0 Å². The molecule has 0 radical (unpaired) electrons. The molecule has 22 heavy (non-hydrogen) atoms. The zero-order valence-electron chi connectivity index (χ0n) is 12.4. The van der Waals surface area contributed by atoms with Crippen molar-refractivity contribution in [2.75, 3.05) is 6.61 Å². The largest absolute Gasteiger partial charge is 0.476 e. The van der Waals surface area contributed by atoms with Gasteiger partial charge in [-0.15, -0.1) is 0 Å². The molecule has 4 rings (SSSR count). The van der Waals surface area contributed by atoms with Gasteiger partial charge in [0.15, 0.2) is 0 Å². The Balaban J connectivity index is 1.51. The zero-order valence-corrected chi connectivity index (χ0v) is 12.4. The molecule has 4 fully saturated rings. The summed E-state index contributed by atoms with van der Waals surface area (Å²) in [4.78, 5) is 45.1. The topological polar surface area (TPSA) is 97.7 Å². The lowest BCUT2D eigenvalue weighted by Gasteiger charge is -2.55. The van der Waals surface area contributed by atoms with Crippen molar-refractivity contribution < 1.29 is 29.0 Å². The normalized spacial score (nSPS) is 35.5. The van der Waals surface area contributed by atoms with E-state index in [0.717, 1.165) is 32.1 Å². The number of ketones is 2. The minimum absolute atomic E-state index is 0.0725. The van der Waals surface area contributed by atoms with Crippen LogP contribution in [0.2, 0.25) is 0 Å². The Morgan fingerprint density at radius 2 is 1.73 bits per heavy atom. The van der Waals surface area contributed by atoms with E-state index in [4.69, 9.17) is 9.84 Å². The summed E-state index contributed by atoms with van der Waals surface area (Å²) in [7, 11) is 0. The smallest absolute Gasteiger partial charge is 0.372 e. The molecule has 120 valence electrons. The first-order chi connectivity index (χ1) is 10.4. The molecule has 0 aliphatic heterocycles. The average Bonchev–Trinajstić information content (AvgIpc) is 2.47. The molecule has 2 unspecified atom stereocenters. The summed E-state index contributed by atoms with van der Waals surface area (Å²) in [6.45, 7) is 0.296. The highest BCUT2D eigenvalue weighted by Gasteiger charge is 2.55. The van der Waals surface area contributed by atoms with Crippen molar-refractivity contribution in [3.05, 3.63) is 0 Å². The lowest BCUT2D eigenvalue weighted by Crippen LogP contribution is -2.53. The van der Waals surface area contributed by atoms with Crippen molar-refractivity contribution >= 4 is 23.5 Å². The molecular formula is C16H20O6. The number of carboxylic acid groups (broad SMARTS) is 1. The molecular weight excluding hydrogens is 288 g/mol. The number of esters is 1. The summed E-state index contributed by atoms with van der Waals surface area (Å²) in [6.07, 6.45) is 4.06. The molecule has 0 heterocycles. The summed E-state index contributed by atoms with van der Waals surface area (Å²) in [5, 5.41) is 8.47. The lowest BCUT2D eigenvalue weighted by atomic mass is 9.49. The highest BCUT2D eigenvalue weighted by molar-refractivity contribution is 6.32. The van der Waals surface area contributed by atoms with E-state index in [9.17, 15) is 19.2 Å². The predicted octanol–water partition coefficient (Wildman–Crippen LogP) is 1.36. The second kappa shape index (κ2) is 5.48. The molecule has 0 saturated heterocycles. The van der Waals surface area contributed by atoms with Crippen molar-refractivity contribution in [2.45, 2.75) is 44.9 Å². The van der Waals surface area contributed by atoms with Gasteiger partial charge in [0.1, 0.15) is 5.78 Å². The zero-order chi connectivity index (χ0) is 15.9. The average molecular weight is 308 g/mol. The Kier molecular flexibility index (Phi) is 3.78. The third-order valence-corrected chi connectivity index (χ3v) is 5.46. The van der Waals surface area contributed by atoms with Gasteiger partial charge in [-0.1, -0.05) is 0 Å². The highest BCUT2D eigenvalue weighted by atomic mass is 16.5. The van der Waals surface area contributed by atoms with E-state index in [-0.39, 0.29) is 30.1 Å². The van der Waals surface area contributed by atoms with Crippen molar-refractivity contribution in [1.82, 2.24) is 0 Å². The molecule has 6 nitrogen and oxygen atoms in total. The van der Waals surface area contributed by atoms with Gasteiger partial charge in [-0.3, -0.25) is 14.4 Å². The molecule has 2 atom stereocenters. The van der Waals surface area contributed by atoms with E-state index in [1.165, 1.54) is 0 Å². The van der Waals surface area contributed by atoms with Crippen molar-refractivity contribution in [3.63, 3.8) is 0 Å². The second-order valence-electron chi connectivity index (χ2n) is 7.14. The number of ether oxygens (including phenoxy) is 1. The minimum Gasteiger partial charge on any atom is -0.476 e. The number of hydrogen-bond donors (Lipinski definition) is 1. The van der Waals surface area contributed by atoms with Crippen LogP contribution in [0.15, 0.2) is 0 Å². The van der Waals surface area contributed by atoms with Crippen LogP contribution < -0.4 is 0 Å². The Hall–Kier alpha value is -1.72. The van der Waals surface area contributed by atoms with Crippen molar-refractivity contribution in [1.29, 1.82) is 0 Å². The molecule has 0 aromatic rings. The van der Waals surface area contributed by atoms with Crippen LogP contribution in [0.3, 0.4) is 0 Å². The molecule has 0 aromatic carbocycles. The molecule has 0 spiro atoms. The molecule has 4 aliphatic carbocycles. The standard InChI is InChI=1S/C16H20O6/c17-12(15(20)21)1-2-13(18)22-8-16-5-9-3-10(6-16)14(19)11(4-9)7-16/h9-11H,1-8H2,(H,20,21). The molecule has 1 N–H and O–H groups in total. The van der Waals surface area contributed by atoms with E-state index in [0.29, 0.717) is 18.3 Å². The number of aliphatic carboxylic acids is 1. The van der Waals surface area contributed by atoms with E-state index in [2.05, 4.69) is 0 Å². The Morgan fingerprint density at radius 3 is 2.32 bits per heavy atom. The molecule has 4 bridgehead atoms. The van der Waals surface area contributed by atoms with Crippen LogP contribution >= 0.6 is 0 Å². The van der Waals surface area contributed by atoms with Crippen LogP contribution in [0.1, 0.15) is 44.9 Å². The maximum Gasteiger partial charge on any atom is 0.372 e. The Bertz CT molecular complexity index is 519. The van der Waals surface area contributed by atoms with Gasteiger partial charge in [0.2, 0.25) is 5.78 Å².